The van der Waals surface area contributed by atoms with Gasteiger partial charge in [-0.25, -0.2) is 4.79 Å². The second-order valence-electron chi connectivity index (χ2n) is 7.66. The molecule has 3 rings (SSSR count). The normalized spacial score (nSPS) is 24.2. The summed E-state index contributed by atoms with van der Waals surface area (Å²) in [6, 6.07) is 14.5. The van der Waals surface area contributed by atoms with Gasteiger partial charge in [0.15, 0.2) is 6.29 Å². The van der Waals surface area contributed by atoms with Gasteiger partial charge in [-0.2, -0.15) is 21.6 Å². The molecule has 5 atom stereocenters. The van der Waals surface area contributed by atoms with Gasteiger partial charge in [0.25, 0.3) is 0 Å². The van der Waals surface area contributed by atoms with Crippen molar-refractivity contribution >= 4 is 16.1 Å². The van der Waals surface area contributed by atoms with E-state index in [1.807, 2.05) is 0 Å². The van der Waals surface area contributed by atoms with Crippen LogP contribution < -0.4 is 0 Å². The second-order valence-corrected chi connectivity index (χ2v) is 9.22. The first-order chi connectivity index (χ1) is 17.6. The summed E-state index contributed by atoms with van der Waals surface area (Å²) in [5, 5.41) is 3.46. The van der Waals surface area contributed by atoms with E-state index in [0.717, 1.165) is 0 Å². The van der Waals surface area contributed by atoms with Crippen LogP contribution >= 0.6 is 0 Å². The molecule has 11 nitrogen and oxygen atoms in total. The zero-order chi connectivity index (χ0) is 27.1. The summed E-state index contributed by atoms with van der Waals surface area (Å²) in [4.78, 5) is 15.0. The van der Waals surface area contributed by atoms with Crippen LogP contribution in [0.4, 0.5) is 13.2 Å². The molecule has 0 radical (unpaired) electrons. The van der Waals surface area contributed by atoms with Crippen LogP contribution in [0.5, 0.6) is 0 Å². The highest BCUT2D eigenvalue weighted by Crippen LogP contribution is 2.34. The Hall–Kier alpha value is -3.20. The van der Waals surface area contributed by atoms with E-state index in [4.69, 9.17) is 24.5 Å². The van der Waals surface area contributed by atoms with Gasteiger partial charge in [0.2, 0.25) is 0 Å². The average molecular weight is 545 g/mol. The third-order valence-corrected chi connectivity index (χ3v) is 6.27. The summed E-state index contributed by atoms with van der Waals surface area (Å²) in [6.07, 6.45) is -6.48. The van der Waals surface area contributed by atoms with Crippen LogP contribution in [0.2, 0.25) is 0 Å². The minimum Gasteiger partial charge on any atom is -0.459 e. The molecular formula is C22H22F3N3O8S. The summed E-state index contributed by atoms with van der Waals surface area (Å²) in [6.45, 7) is -0.868. The smallest absolute Gasteiger partial charge is 0.459 e. The van der Waals surface area contributed by atoms with E-state index in [9.17, 15) is 26.4 Å². The van der Waals surface area contributed by atoms with Gasteiger partial charge in [-0.15, -0.1) is 0 Å². The predicted octanol–water partition coefficient (Wildman–Crippen LogP) is 3.71. The van der Waals surface area contributed by atoms with Crippen molar-refractivity contribution in [1.29, 1.82) is 0 Å². The molecule has 1 aliphatic rings. The van der Waals surface area contributed by atoms with Gasteiger partial charge in [0.1, 0.15) is 24.9 Å². The third-order valence-electron chi connectivity index (χ3n) is 5.23. The second kappa shape index (κ2) is 12.4. The van der Waals surface area contributed by atoms with E-state index in [1.165, 1.54) is 19.2 Å². The molecule has 1 unspecified atom stereocenters. The molecule has 15 heteroatoms. The van der Waals surface area contributed by atoms with Crippen molar-refractivity contribution in [3.63, 3.8) is 0 Å². The number of rotatable bonds is 10. The fraction of sp³-hybridized carbons (Fsp3) is 0.409. The van der Waals surface area contributed by atoms with Crippen molar-refractivity contribution in [3.05, 3.63) is 82.2 Å². The van der Waals surface area contributed by atoms with Gasteiger partial charge in [-0.3, -0.25) is 4.18 Å². The molecule has 1 heterocycles. The van der Waals surface area contributed by atoms with Crippen molar-refractivity contribution in [2.24, 2.45) is 5.11 Å². The highest BCUT2D eigenvalue weighted by molar-refractivity contribution is 7.87. The fourth-order valence-corrected chi connectivity index (χ4v) is 4.13. The fourth-order valence-electron chi connectivity index (χ4n) is 3.49. The maximum atomic E-state index is 13.2. The van der Waals surface area contributed by atoms with Crippen molar-refractivity contribution in [1.82, 2.24) is 0 Å². The molecule has 0 N–H and O–H groups in total. The lowest BCUT2D eigenvalue weighted by atomic mass is 9.96. The molecule has 1 aliphatic heterocycles. The van der Waals surface area contributed by atoms with Crippen LogP contribution in [0.15, 0.2) is 65.8 Å². The maximum Gasteiger partial charge on any atom is 0.523 e. The Kier molecular flexibility index (Phi) is 9.48. The predicted molar refractivity (Wildman–Crippen MR) is 120 cm³/mol. The van der Waals surface area contributed by atoms with E-state index in [2.05, 4.69) is 14.2 Å². The Labute approximate surface area is 209 Å². The monoisotopic (exact) mass is 545 g/mol. The number of azide groups is 1. The summed E-state index contributed by atoms with van der Waals surface area (Å²) in [7, 11) is -5.00. The molecule has 0 spiro atoms. The Morgan fingerprint density at radius 2 is 1.70 bits per heavy atom. The number of alkyl halides is 3. The first kappa shape index (κ1) is 28.4. The number of nitrogens with zero attached hydrogens (tertiary/aromatic N) is 3. The summed E-state index contributed by atoms with van der Waals surface area (Å²) >= 11 is 0. The average Bonchev–Trinajstić information content (AvgIpc) is 2.88. The molecule has 0 saturated carbocycles. The van der Waals surface area contributed by atoms with Gasteiger partial charge < -0.3 is 18.9 Å². The molecular weight excluding hydrogens is 523 g/mol. The van der Waals surface area contributed by atoms with Crippen LogP contribution in [0, 0.1) is 0 Å². The van der Waals surface area contributed by atoms with Gasteiger partial charge in [0.05, 0.1) is 18.2 Å². The molecule has 0 amide bonds. The maximum absolute atomic E-state index is 13.2. The number of halogens is 3. The standard InChI is InChI=1S/C22H22F3N3O8S/c1-32-21-19(33-12-14-8-4-2-5-9-14)17(27-28-26)18(36-37(30,31)22(23,24)25)16(35-21)13-34-20(29)15-10-6-3-7-11-15/h2-11,16-19,21H,12-13H2,1H3/t16-,17+,18-,19-,21?/m1/s1. The Bertz CT molecular complexity index is 1190. The first-order valence-corrected chi connectivity index (χ1v) is 12.1. The van der Waals surface area contributed by atoms with Crippen LogP contribution in [0.1, 0.15) is 15.9 Å². The molecule has 0 aliphatic carbocycles. The van der Waals surface area contributed by atoms with E-state index in [-0.39, 0.29) is 12.2 Å². The lowest BCUT2D eigenvalue weighted by Gasteiger charge is -2.43. The molecule has 2 aromatic rings. The molecule has 200 valence electrons. The lowest BCUT2D eigenvalue weighted by molar-refractivity contribution is -0.276. The van der Waals surface area contributed by atoms with E-state index >= 15 is 0 Å². The van der Waals surface area contributed by atoms with E-state index in [0.29, 0.717) is 5.56 Å². The van der Waals surface area contributed by atoms with Crippen molar-refractivity contribution in [2.75, 3.05) is 13.7 Å². The van der Waals surface area contributed by atoms with Gasteiger partial charge in [0, 0.05) is 12.0 Å². The van der Waals surface area contributed by atoms with E-state index in [1.54, 1.807) is 48.5 Å². The lowest BCUT2D eigenvalue weighted by Crippen LogP contribution is -2.61. The number of benzene rings is 2. The van der Waals surface area contributed by atoms with Gasteiger partial charge in [-0.1, -0.05) is 53.6 Å². The highest BCUT2D eigenvalue weighted by Gasteiger charge is 2.55. The number of ether oxygens (including phenoxy) is 4. The van der Waals surface area contributed by atoms with Crippen LogP contribution in [-0.4, -0.2) is 64.3 Å². The Balaban J connectivity index is 1.91. The topological polar surface area (TPSA) is 146 Å². The van der Waals surface area contributed by atoms with Crippen LogP contribution in [0.3, 0.4) is 0 Å². The molecule has 0 aromatic heterocycles. The molecule has 1 fully saturated rings. The summed E-state index contributed by atoms with van der Waals surface area (Å²) < 4.78 is 89.5. The summed E-state index contributed by atoms with van der Waals surface area (Å²) in [5.74, 6) is -0.863. The minimum atomic E-state index is -6.19. The number of carbonyl (C=O) groups is 1. The highest BCUT2D eigenvalue weighted by atomic mass is 32.2. The number of methoxy groups -OCH3 is 1. The van der Waals surface area contributed by atoms with Crippen LogP contribution in [0.25, 0.3) is 10.4 Å². The first-order valence-electron chi connectivity index (χ1n) is 10.7. The molecule has 37 heavy (non-hydrogen) atoms. The SMILES string of the molecule is COC1O[C@H](COC(=O)c2ccccc2)[C@@H](OS(=O)(=O)C(F)(F)F)[C@H](N=[N+]=[N-])[C@H]1OCc1ccccc1. The largest absolute Gasteiger partial charge is 0.523 e. The minimum absolute atomic E-state index is 0.113. The molecule has 2 aromatic carbocycles. The summed E-state index contributed by atoms with van der Waals surface area (Å²) in [5.41, 5.74) is 4.10. The van der Waals surface area contributed by atoms with Crippen molar-refractivity contribution in [3.8, 4) is 0 Å². The number of hydrogen-bond donors (Lipinski definition) is 0. The Morgan fingerprint density at radius 1 is 1.08 bits per heavy atom. The quantitative estimate of drug-likeness (QED) is 0.110. The zero-order valence-electron chi connectivity index (χ0n) is 19.2. The molecule has 1 saturated heterocycles. The number of esters is 1. The van der Waals surface area contributed by atoms with Crippen molar-refractivity contribution in [2.45, 2.75) is 42.8 Å². The molecule has 0 bridgehead atoms. The Morgan fingerprint density at radius 3 is 2.27 bits per heavy atom. The van der Waals surface area contributed by atoms with Gasteiger partial charge >= 0.3 is 21.6 Å². The third kappa shape index (κ3) is 7.19. The number of carbonyl (C=O) groups excluding carboxylic acids is 1. The van der Waals surface area contributed by atoms with Crippen LogP contribution in [-0.2, 0) is 39.9 Å². The van der Waals surface area contributed by atoms with Gasteiger partial charge in [-0.05, 0) is 23.2 Å². The number of hydrogen-bond acceptors (Lipinski definition) is 9. The van der Waals surface area contributed by atoms with Crippen molar-refractivity contribution < 1.29 is 49.5 Å². The van der Waals surface area contributed by atoms with E-state index < -0.39 is 58.8 Å². The zero-order valence-corrected chi connectivity index (χ0v) is 20.0.